The van der Waals surface area contributed by atoms with Crippen LogP contribution in [0.25, 0.3) is 5.52 Å². The summed E-state index contributed by atoms with van der Waals surface area (Å²) in [5.74, 6) is 1.65. The Bertz CT molecular complexity index is 858. The molecule has 5 nitrogen and oxygen atoms in total. The third kappa shape index (κ3) is 2.41. The summed E-state index contributed by atoms with van der Waals surface area (Å²) >= 11 is 1.65. The van der Waals surface area contributed by atoms with Crippen molar-refractivity contribution in [3.05, 3.63) is 29.7 Å². The molecule has 1 aliphatic carbocycles. The zero-order chi connectivity index (χ0) is 18.0. The summed E-state index contributed by atoms with van der Waals surface area (Å²) in [6.45, 7) is 10.3. The third-order valence-corrected chi connectivity index (χ3v) is 6.70. The van der Waals surface area contributed by atoms with Crippen molar-refractivity contribution >= 4 is 23.2 Å². The Morgan fingerprint density at radius 2 is 2.28 bits per heavy atom. The SMILES string of the molecule is CSc1nc(C(C)(C)NC(=O)[C@H]2[C@@H]3CNC[C@@]32C)n2cccc(C)c12. The number of rotatable bonds is 4. The Morgan fingerprint density at radius 3 is 2.92 bits per heavy atom. The maximum Gasteiger partial charge on any atom is 0.224 e. The predicted octanol–water partition coefficient (Wildman–Crippen LogP) is 2.57. The van der Waals surface area contributed by atoms with Crippen LogP contribution in [0.15, 0.2) is 23.4 Å². The first-order valence-electron chi connectivity index (χ1n) is 8.84. The van der Waals surface area contributed by atoms with E-state index in [0.717, 1.165) is 29.5 Å². The summed E-state index contributed by atoms with van der Waals surface area (Å²) in [5.41, 5.74) is 1.94. The zero-order valence-corrected chi connectivity index (χ0v) is 16.3. The molecule has 2 N–H and O–H groups in total. The van der Waals surface area contributed by atoms with E-state index >= 15 is 0 Å². The molecule has 6 heteroatoms. The molecule has 4 rings (SSSR count). The van der Waals surface area contributed by atoms with Gasteiger partial charge in [0.25, 0.3) is 0 Å². The van der Waals surface area contributed by atoms with Gasteiger partial charge in [-0.1, -0.05) is 13.0 Å². The molecule has 3 heterocycles. The fourth-order valence-corrected chi connectivity index (χ4v) is 5.16. The van der Waals surface area contributed by atoms with Crippen molar-refractivity contribution in [1.29, 1.82) is 0 Å². The minimum Gasteiger partial charge on any atom is -0.344 e. The molecule has 25 heavy (non-hydrogen) atoms. The Kier molecular flexibility index (Phi) is 3.71. The van der Waals surface area contributed by atoms with Crippen LogP contribution in [-0.4, -0.2) is 34.6 Å². The minimum absolute atomic E-state index is 0.126. The molecule has 0 aromatic carbocycles. The van der Waals surface area contributed by atoms with Gasteiger partial charge in [0.05, 0.1) is 11.1 Å². The Morgan fingerprint density at radius 1 is 1.52 bits per heavy atom. The lowest BCUT2D eigenvalue weighted by molar-refractivity contribution is -0.125. The van der Waals surface area contributed by atoms with Gasteiger partial charge in [-0.05, 0) is 56.5 Å². The minimum atomic E-state index is -0.525. The highest BCUT2D eigenvalue weighted by Gasteiger charge is 2.67. The highest BCUT2D eigenvalue weighted by atomic mass is 32.2. The van der Waals surface area contributed by atoms with Gasteiger partial charge >= 0.3 is 0 Å². The quantitative estimate of drug-likeness (QED) is 0.825. The summed E-state index contributed by atoms with van der Waals surface area (Å²) in [5, 5.41) is 7.67. The number of fused-ring (bicyclic) bond motifs is 2. The molecule has 2 aliphatic rings. The molecule has 0 unspecified atom stereocenters. The van der Waals surface area contributed by atoms with E-state index in [4.69, 9.17) is 4.98 Å². The number of pyridine rings is 1. The van der Waals surface area contributed by atoms with Gasteiger partial charge in [-0.15, -0.1) is 11.8 Å². The van der Waals surface area contributed by atoms with Crippen LogP contribution in [-0.2, 0) is 10.3 Å². The Labute approximate surface area is 153 Å². The maximum atomic E-state index is 12.9. The van der Waals surface area contributed by atoms with Gasteiger partial charge < -0.3 is 15.0 Å². The second-order valence-corrected chi connectivity index (χ2v) is 8.98. The summed E-state index contributed by atoms with van der Waals surface area (Å²) in [6.07, 6.45) is 4.08. The van der Waals surface area contributed by atoms with Crippen LogP contribution in [0.5, 0.6) is 0 Å². The maximum absolute atomic E-state index is 12.9. The standard InChI is InChI=1S/C19H26N4OS/c1-11-7-6-8-23-14(11)16(25-5)21-17(23)18(2,3)22-15(24)13-12-9-20-10-19(12,13)4/h6-8,12-13,20H,9-10H2,1-5H3,(H,22,24)/t12-,13+,19-/m0/s1. The first-order valence-corrected chi connectivity index (χ1v) is 10.1. The number of aromatic nitrogens is 2. The van der Waals surface area contributed by atoms with Crippen molar-refractivity contribution < 1.29 is 4.79 Å². The van der Waals surface area contributed by atoms with E-state index in [1.54, 1.807) is 11.8 Å². The van der Waals surface area contributed by atoms with Crippen molar-refractivity contribution in [2.24, 2.45) is 17.3 Å². The molecule has 2 aromatic heterocycles. The molecule has 1 saturated heterocycles. The molecule has 2 fully saturated rings. The average Bonchev–Trinajstić information content (AvgIpc) is 2.88. The van der Waals surface area contributed by atoms with Crippen LogP contribution in [0.2, 0.25) is 0 Å². The van der Waals surface area contributed by atoms with E-state index in [1.165, 1.54) is 5.56 Å². The van der Waals surface area contributed by atoms with Gasteiger partial charge in [-0.25, -0.2) is 4.98 Å². The number of piperidine rings is 1. The van der Waals surface area contributed by atoms with Gasteiger partial charge in [0.2, 0.25) is 5.91 Å². The molecule has 0 spiro atoms. The van der Waals surface area contributed by atoms with Crippen LogP contribution in [0.1, 0.15) is 32.2 Å². The zero-order valence-electron chi connectivity index (χ0n) is 15.5. The number of hydrogen-bond acceptors (Lipinski definition) is 4. The van der Waals surface area contributed by atoms with Gasteiger partial charge in [0.15, 0.2) is 0 Å². The van der Waals surface area contributed by atoms with Crippen molar-refractivity contribution in [3.63, 3.8) is 0 Å². The highest BCUT2D eigenvalue weighted by Crippen LogP contribution is 2.60. The van der Waals surface area contributed by atoms with E-state index < -0.39 is 5.54 Å². The van der Waals surface area contributed by atoms with E-state index in [2.05, 4.69) is 34.9 Å². The van der Waals surface area contributed by atoms with Crippen LogP contribution >= 0.6 is 11.8 Å². The Balaban J connectivity index is 1.66. The number of hydrogen-bond donors (Lipinski definition) is 2. The highest BCUT2D eigenvalue weighted by molar-refractivity contribution is 7.98. The molecule has 0 radical (unpaired) electrons. The normalized spacial score (nSPS) is 28.2. The van der Waals surface area contributed by atoms with Crippen molar-refractivity contribution in [1.82, 2.24) is 20.0 Å². The summed E-state index contributed by atoms with van der Waals surface area (Å²) < 4.78 is 2.12. The molecule has 2 aromatic rings. The summed E-state index contributed by atoms with van der Waals surface area (Å²) in [4.78, 5) is 17.8. The average molecular weight is 359 g/mol. The summed E-state index contributed by atoms with van der Waals surface area (Å²) in [7, 11) is 0. The lowest BCUT2D eigenvalue weighted by atomic mass is 10.0. The van der Waals surface area contributed by atoms with E-state index in [-0.39, 0.29) is 17.2 Å². The number of imidazole rings is 1. The lowest BCUT2D eigenvalue weighted by Crippen LogP contribution is -2.44. The molecule has 0 bridgehead atoms. The monoisotopic (exact) mass is 358 g/mol. The molecule has 3 atom stereocenters. The number of thioether (sulfide) groups is 1. The van der Waals surface area contributed by atoms with Gasteiger partial charge in [-0.3, -0.25) is 4.79 Å². The molecule has 1 aliphatic heterocycles. The van der Waals surface area contributed by atoms with Gasteiger partial charge in [0.1, 0.15) is 10.9 Å². The fourth-order valence-electron chi connectivity index (χ4n) is 4.53. The molecular formula is C19H26N4OS. The first-order chi connectivity index (χ1) is 11.8. The number of carbonyl (C=O) groups is 1. The number of aryl methyl sites for hydroxylation is 1. The molecule has 134 valence electrons. The van der Waals surface area contributed by atoms with E-state index in [1.807, 2.05) is 32.4 Å². The first kappa shape index (κ1) is 16.9. The second kappa shape index (κ2) is 5.48. The molecular weight excluding hydrogens is 332 g/mol. The van der Waals surface area contributed by atoms with Gasteiger partial charge in [-0.2, -0.15) is 0 Å². The number of nitrogens with zero attached hydrogens (tertiary/aromatic N) is 2. The smallest absolute Gasteiger partial charge is 0.224 e. The van der Waals surface area contributed by atoms with Crippen LogP contribution < -0.4 is 10.6 Å². The Hall–Kier alpha value is -1.53. The molecule has 1 amide bonds. The van der Waals surface area contributed by atoms with E-state index in [0.29, 0.717) is 5.92 Å². The van der Waals surface area contributed by atoms with Crippen LogP contribution in [0, 0.1) is 24.2 Å². The van der Waals surface area contributed by atoms with Crippen LogP contribution in [0.4, 0.5) is 0 Å². The van der Waals surface area contributed by atoms with Crippen molar-refractivity contribution in [3.8, 4) is 0 Å². The largest absolute Gasteiger partial charge is 0.344 e. The second-order valence-electron chi connectivity index (χ2n) is 8.19. The third-order valence-electron chi connectivity index (χ3n) is 6.03. The topological polar surface area (TPSA) is 58.4 Å². The van der Waals surface area contributed by atoms with Crippen LogP contribution in [0.3, 0.4) is 0 Å². The lowest BCUT2D eigenvalue weighted by Gasteiger charge is -2.26. The number of nitrogens with one attached hydrogen (secondary N) is 2. The fraction of sp³-hybridized carbons (Fsp3) is 0.579. The summed E-state index contributed by atoms with van der Waals surface area (Å²) in [6, 6.07) is 4.14. The van der Waals surface area contributed by atoms with Crippen molar-refractivity contribution in [2.45, 2.75) is 38.3 Å². The number of carbonyl (C=O) groups excluding carboxylic acids is 1. The number of amides is 1. The van der Waals surface area contributed by atoms with E-state index in [9.17, 15) is 4.79 Å². The van der Waals surface area contributed by atoms with Crippen molar-refractivity contribution in [2.75, 3.05) is 19.3 Å². The predicted molar refractivity (Wildman–Crippen MR) is 101 cm³/mol. The molecule has 1 saturated carbocycles. The van der Waals surface area contributed by atoms with Gasteiger partial charge in [0, 0.05) is 18.7 Å².